The number of likely N-dealkylation sites (tertiary alicyclic amines) is 1. The second kappa shape index (κ2) is 9.02. The third-order valence-electron chi connectivity index (χ3n) is 4.54. The van der Waals surface area contributed by atoms with Gasteiger partial charge in [0.15, 0.2) is 0 Å². The van der Waals surface area contributed by atoms with Crippen LogP contribution >= 0.6 is 22.9 Å². The Bertz CT molecular complexity index is 1010. The molecule has 0 saturated carbocycles. The summed E-state index contributed by atoms with van der Waals surface area (Å²) in [6.07, 6.45) is 0.265. The normalized spacial score (nSPS) is 17.6. The molecule has 6 nitrogen and oxygen atoms in total. The number of thiazole rings is 1. The number of benzene rings is 1. The monoisotopic (exact) mass is 456 g/mol. The van der Waals surface area contributed by atoms with Gasteiger partial charge in [0, 0.05) is 18.2 Å². The van der Waals surface area contributed by atoms with Crippen LogP contribution in [-0.4, -0.2) is 46.8 Å². The van der Waals surface area contributed by atoms with Crippen molar-refractivity contribution >= 4 is 34.8 Å². The minimum absolute atomic E-state index is 0.0419. The van der Waals surface area contributed by atoms with Crippen molar-refractivity contribution in [1.82, 2.24) is 15.2 Å². The fourth-order valence-corrected chi connectivity index (χ4v) is 3.91. The number of amides is 2. The first-order valence-electron chi connectivity index (χ1n) is 8.92. The molecule has 0 aliphatic carbocycles. The molecule has 1 atom stereocenters. The number of nitrogens with one attached hydrogen (secondary N) is 1. The first-order valence-corrected chi connectivity index (χ1v) is 10.2. The molecule has 1 aromatic heterocycles. The highest BCUT2D eigenvalue weighted by Crippen LogP contribution is 2.31. The lowest BCUT2D eigenvalue weighted by atomic mass is 10.1. The smallest absolute Gasteiger partial charge is 0.271 e. The molecule has 0 bridgehead atoms. The quantitative estimate of drug-likeness (QED) is 0.723. The van der Waals surface area contributed by atoms with Crippen LogP contribution in [0.5, 0.6) is 0 Å². The fourth-order valence-electron chi connectivity index (χ4n) is 3.02. The average molecular weight is 457 g/mol. The molecule has 2 aromatic rings. The van der Waals surface area contributed by atoms with Crippen LogP contribution in [0.15, 0.2) is 23.6 Å². The highest BCUT2D eigenvalue weighted by molar-refractivity contribution is 7.09. The highest BCUT2D eigenvalue weighted by Gasteiger charge is 2.47. The molecule has 1 aliphatic heterocycles. The number of halogens is 4. The van der Waals surface area contributed by atoms with E-state index >= 15 is 0 Å². The summed E-state index contributed by atoms with van der Waals surface area (Å²) >= 11 is 6.89. The molecule has 0 unspecified atom stereocenters. The molecule has 1 saturated heterocycles. The van der Waals surface area contributed by atoms with Crippen molar-refractivity contribution in [2.24, 2.45) is 0 Å². The van der Waals surface area contributed by atoms with Crippen LogP contribution in [0.3, 0.4) is 0 Å². The number of alkyl halides is 2. The lowest BCUT2D eigenvalue weighted by molar-refractivity contribution is -0.131. The summed E-state index contributed by atoms with van der Waals surface area (Å²) in [6.45, 7) is -1.35. The Kier molecular flexibility index (Phi) is 6.63. The van der Waals surface area contributed by atoms with Crippen LogP contribution in [-0.2, 0) is 17.6 Å². The zero-order valence-corrected chi connectivity index (χ0v) is 17.1. The van der Waals surface area contributed by atoms with Gasteiger partial charge in [0.05, 0.1) is 29.2 Å². The molecule has 11 heteroatoms. The van der Waals surface area contributed by atoms with Crippen molar-refractivity contribution in [2.75, 3.05) is 13.1 Å². The van der Waals surface area contributed by atoms with E-state index in [2.05, 4.69) is 10.3 Å². The topological polar surface area (TPSA) is 86.1 Å². The molecule has 158 valence electrons. The predicted octanol–water partition coefficient (Wildman–Crippen LogP) is 3.21. The van der Waals surface area contributed by atoms with E-state index in [1.54, 1.807) is 12.1 Å². The van der Waals surface area contributed by atoms with E-state index in [4.69, 9.17) is 16.9 Å². The standard InChI is InChI=1S/C19H16ClF3N4O2S/c20-13-3-1-11(5-14(13)21)2-4-16-26-15(9-30-16)18(29)25-8-17(28)27-10-19(22,23)6-12(27)7-24/h1,3,5,9,12H,2,4,6,8,10H2,(H,25,29)/t12-/m0/s1. The number of aromatic nitrogens is 1. The number of aryl methyl sites for hydroxylation is 2. The van der Waals surface area contributed by atoms with Crippen LogP contribution in [0.4, 0.5) is 13.2 Å². The van der Waals surface area contributed by atoms with Crippen LogP contribution in [0.2, 0.25) is 5.02 Å². The molecule has 2 amide bonds. The summed E-state index contributed by atoms with van der Waals surface area (Å²) in [5.41, 5.74) is 0.826. The van der Waals surface area contributed by atoms with Crippen molar-refractivity contribution in [3.63, 3.8) is 0 Å². The average Bonchev–Trinajstić information content (AvgIpc) is 3.30. The van der Waals surface area contributed by atoms with Crippen LogP contribution in [0.25, 0.3) is 0 Å². The van der Waals surface area contributed by atoms with Gasteiger partial charge in [0.25, 0.3) is 11.8 Å². The van der Waals surface area contributed by atoms with Gasteiger partial charge in [-0.3, -0.25) is 9.59 Å². The second-order valence-corrected chi connectivity index (χ2v) is 8.13. The van der Waals surface area contributed by atoms with E-state index in [0.29, 0.717) is 17.8 Å². The maximum absolute atomic E-state index is 13.5. The van der Waals surface area contributed by atoms with Crippen molar-refractivity contribution < 1.29 is 22.8 Å². The number of rotatable bonds is 6. The van der Waals surface area contributed by atoms with E-state index in [1.165, 1.54) is 28.8 Å². The lowest BCUT2D eigenvalue weighted by Crippen LogP contribution is -2.43. The third kappa shape index (κ3) is 5.29. The number of carbonyl (C=O) groups is 2. The molecule has 30 heavy (non-hydrogen) atoms. The maximum Gasteiger partial charge on any atom is 0.271 e. The Morgan fingerprint density at radius 2 is 2.17 bits per heavy atom. The fraction of sp³-hybridized carbons (Fsp3) is 0.368. The van der Waals surface area contributed by atoms with E-state index < -0.39 is 49.1 Å². The SMILES string of the molecule is N#C[C@@H]1CC(F)(F)CN1C(=O)CNC(=O)c1csc(CCc2ccc(Cl)c(F)c2)n1. The molecule has 1 aromatic carbocycles. The second-order valence-electron chi connectivity index (χ2n) is 6.78. The Morgan fingerprint density at radius 3 is 2.87 bits per heavy atom. The predicted molar refractivity (Wildman–Crippen MR) is 104 cm³/mol. The van der Waals surface area contributed by atoms with E-state index in [1.807, 2.05) is 0 Å². The molecule has 2 heterocycles. The maximum atomic E-state index is 13.5. The van der Waals surface area contributed by atoms with Gasteiger partial charge in [0.1, 0.15) is 17.6 Å². The van der Waals surface area contributed by atoms with Gasteiger partial charge in [-0.25, -0.2) is 18.2 Å². The summed E-state index contributed by atoms with van der Waals surface area (Å²) in [5, 5.41) is 13.5. The molecule has 1 aliphatic rings. The third-order valence-corrected chi connectivity index (χ3v) is 5.75. The number of hydrogen-bond acceptors (Lipinski definition) is 5. The molecule has 1 fully saturated rings. The zero-order valence-electron chi connectivity index (χ0n) is 15.5. The molecular formula is C19H16ClF3N4O2S. The number of hydrogen-bond donors (Lipinski definition) is 1. The molecule has 0 spiro atoms. The molecule has 3 rings (SSSR count). The van der Waals surface area contributed by atoms with Crippen LogP contribution in [0.1, 0.15) is 27.5 Å². The van der Waals surface area contributed by atoms with E-state index in [-0.39, 0.29) is 10.7 Å². The summed E-state index contributed by atoms with van der Waals surface area (Å²) in [5.74, 6) is -5.00. The van der Waals surface area contributed by atoms with Gasteiger partial charge in [-0.15, -0.1) is 11.3 Å². The first kappa shape index (κ1) is 22.1. The van der Waals surface area contributed by atoms with Crippen molar-refractivity contribution in [1.29, 1.82) is 5.26 Å². The van der Waals surface area contributed by atoms with Crippen molar-refractivity contribution in [2.45, 2.75) is 31.2 Å². The van der Waals surface area contributed by atoms with Gasteiger partial charge in [-0.1, -0.05) is 17.7 Å². The number of carbonyl (C=O) groups excluding carboxylic acids is 2. The Balaban J connectivity index is 1.52. The largest absolute Gasteiger partial charge is 0.342 e. The summed E-state index contributed by atoms with van der Waals surface area (Å²) in [4.78, 5) is 29.3. The molecule has 1 N–H and O–H groups in total. The minimum Gasteiger partial charge on any atom is -0.342 e. The van der Waals surface area contributed by atoms with Gasteiger partial charge in [-0.05, 0) is 24.1 Å². The number of nitrogens with zero attached hydrogens (tertiary/aromatic N) is 3. The van der Waals surface area contributed by atoms with Crippen molar-refractivity contribution in [3.8, 4) is 6.07 Å². The van der Waals surface area contributed by atoms with Crippen LogP contribution < -0.4 is 5.32 Å². The van der Waals surface area contributed by atoms with E-state index in [9.17, 15) is 22.8 Å². The molecule has 0 radical (unpaired) electrons. The Labute approximate surface area is 179 Å². The van der Waals surface area contributed by atoms with Gasteiger partial charge >= 0.3 is 0 Å². The van der Waals surface area contributed by atoms with E-state index in [0.717, 1.165) is 10.5 Å². The Morgan fingerprint density at radius 1 is 1.40 bits per heavy atom. The summed E-state index contributed by atoms with van der Waals surface area (Å²) in [7, 11) is 0. The first-order chi connectivity index (χ1) is 14.2. The van der Waals surface area contributed by atoms with Gasteiger partial charge < -0.3 is 10.2 Å². The minimum atomic E-state index is -3.11. The lowest BCUT2D eigenvalue weighted by Gasteiger charge is -2.19. The summed E-state index contributed by atoms with van der Waals surface area (Å²) in [6, 6.07) is 4.97. The van der Waals surface area contributed by atoms with Gasteiger partial charge in [0.2, 0.25) is 5.91 Å². The summed E-state index contributed by atoms with van der Waals surface area (Å²) < 4.78 is 40.3. The highest BCUT2D eigenvalue weighted by atomic mass is 35.5. The number of nitriles is 1. The molecular weight excluding hydrogens is 441 g/mol. The zero-order chi connectivity index (χ0) is 21.9. The van der Waals surface area contributed by atoms with Gasteiger partial charge in [-0.2, -0.15) is 5.26 Å². The van der Waals surface area contributed by atoms with Crippen molar-refractivity contribution in [3.05, 3.63) is 50.7 Å². The van der Waals surface area contributed by atoms with Crippen LogP contribution in [0, 0.1) is 17.1 Å². The Hall–Kier alpha value is -2.64.